The molecule has 2 aliphatic rings. The van der Waals surface area contributed by atoms with Crippen LogP contribution in [-0.2, 0) is 11.3 Å². The molecule has 0 aliphatic carbocycles. The molecule has 2 atom stereocenters. The van der Waals surface area contributed by atoms with Crippen molar-refractivity contribution in [1.29, 1.82) is 0 Å². The average Bonchev–Trinajstić information content (AvgIpc) is 3.73. The molecule has 0 saturated carbocycles. The highest BCUT2D eigenvalue weighted by Gasteiger charge is 2.28. The van der Waals surface area contributed by atoms with Gasteiger partial charge in [0.05, 0.1) is 21.3 Å². The Morgan fingerprint density at radius 2 is 2.05 bits per heavy atom. The maximum atomic E-state index is 13.4. The van der Waals surface area contributed by atoms with Gasteiger partial charge in [-0.3, -0.25) is 5.32 Å². The molecule has 2 saturated heterocycles. The normalized spacial score (nSPS) is 17.8. The molecule has 0 bridgehead atoms. The van der Waals surface area contributed by atoms with Gasteiger partial charge in [0.15, 0.2) is 0 Å². The van der Waals surface area contributed by atoms with Crippen molar-refractivity contribution < 1.29 is 18.7 Å². The van der Waals surface area contributed by atoms with E-state index in [0.29, 0.717) is 35.1 Å². The van der Waals surface area contributed by atoms with Gasteiger partial charge in [0.1, 0.15) is 41.3 Å². The number of likely N-dealkylation sites (tertiary alicyclic amines) is 1. The maximum Gasteiger partial charge on any atom is 0.410 e. The first kappa shape index (κ1) is 29.9. The molecular weight excluding hydrogens is 600 g/mol. The molecular formula is C30H28Cl2FN5O3S. The van der Waals surface area contributed by atoms with Crippen LogP contribution in [0.1, 0.15) is 29.7 Å². The molecule has 2 aromatic carbocycles. The topological polar surface area (TPSA) is 88.6 Å². The van der Waals surface area contributed by atoms with Crippen LogP contribution in [0, 0.1) is 17.7 Å². The number of hydrogen-bond acceptors (Lipinski definition) is 8. The molecule has 0 radical (unpaired) electrons. The summed E-state index contributed by atoms with van der Waals surface area (Å²) < 4.78 is 24.9. The van der Waals surface area contributed by atoms with Gasteiger partial charge in [0.2, 0.25) is 0 Å². The molecule has 12 heteroatoms. The quantitative estimate of drug-likeness (QED) is 0.235. The smallest absolute Gasteiger partial charge is 0.410 e. The second-order valence-electron chi connectivity index (χ2n) is 9.91. The number of ether oxygens (including phenoxy) is 2. The lowest BCUT2D eigenvalue weighted by Crippen LogP contribution is -2.32. The average molecular weight is 629 g/mol. The van der Waals surface area contributed by atoms with Crippen molar-refractivity contribution in [2.45, 2.75) is 38.0 Å². The molecule has 4 heterocycles. The lowest BCUT2D eigenvalue weighted by molar-refractivity contribution is 0.0763. The lowest BCUT2D eigenvalue weighted by Gasteiger charge is -2.18. The highest BCUT2D eigenvalue weighted by atomic mass is 35.5. The van der Waals surface area contributed by atoms with Crippen molar-refractivity contribution in [1.82, 2.24) is 20.2 Å². The molecule has 218 valence electrons. The second-order valence-corrected chi connectivity index (χ2v) is 11.3. The largest absolute Gasteiger partial charge is 0.487 e. The number of aromatic nitrogens is 2. The number of anilines is 2. The van der Waals surface area contributed by atoms with Crippen molar-refractivity contribution in [2.24, 2.45) is 0 Å². The first-order chi connectivity index (χ1) is 20.0. The number of carbonyl (C=O) groups is 1. The minimum absolute atomic E-state index is 0. The van der Waals surface area contributed by atoms with Gasteiger partial charge in [0.25, 0.3) is 0 Å². The summed E-state index contributed by atoms with van der Waals surface area (Å²) in [5, 5.41) is 7.91. The van der Waals surface area contributed by atoms with Gasteiger partial charge in [-0.2, -0.15) is 0 Å². The lowest BCUT2D eigenvalue weighted by atomic mass is 10.2. The van der Waals surface area contributed by atoms with Crippen molar-refractivity contribution >= 4 is 63.2 Å². The molecule has 1 amide bonds. The molecule has 0 unspecified atom stereocenters. The standard InChI is InChI=1S/C30H27ClFN5O3S.ClH/c31-26-14-22(7-9-27(26)39-17-19-4-3-5-20(32)12-19)36-28-25-15-24(41-29(25)35-18-34-28)8-6-21-13-23(16-33-21)40-30(38)37-10-1-2-11-37;/h3-5,7,9,12,14-15,18,21,23,33H,1-2,10-11,13,16-17H2,(H,34,35,36);1H/t21-,23-;/m1./s1. The van der Waals surface area contributed by atoms with E-state index >= 15 is 0 Å². The van der Waals surface area contributed by atoms with Gasteiger partial charge in [0, 0.05) is 31.7 Å². The van der Waals surface area contributed by atoms with Gasteiger partial charge in [-0.25, -0.2) is 19.2 Å². The van der Waals surface area contributed by atoms with Crippen LogP contribution in [0.5, 0.6) is 5.75 Å². The minimum atomic E-state index is -0.310. The molecule has 4 aromatic rings. The summed E-state index contributed by atoms with van der Waals surface area (Å²) in [6.45, 7) is 2.36. The minimum Gasteiger partial charge on any atom is -0.487 e. The van der Waals surface area contributed by atoms with Crippen LogP contribution in [0.4, 0.5) is 20.7 Å². The van der Waals surface area contributed by atoms with E-state index in [1.54, 1.807) is 29.2 Å². The van der Waals surface area contributed by atoms with Crippen LogP contribution >= 0.6 is 35.3 Å². The summed E-state index contributed by atoms with van der Waals surface area (Å²) in [5.74, 6) is 7.33. The van der Waals surface area contributed by atoms with E-state index in [-0.39, 0.29) is 43.1 Å². The highest BCUT2D eigenvalue weighted by molar-refractivity contribution is 7.19. The Bertz CT molecular complexity index is 1640. The van der Waals surface area contributed by atoms with Crippen LogP contribution in [0.25, 0.3) is 10.2 Å². The molecule has 2 aliphatic heterocycles. The van der Waals surface area contributed by atoms with E-state index in [9.17, 15) is 9.18 Å². The van der Waals surface area contributed by atoms with Gasteiger partial charge >= 0.3 is 6.09 Å². The number of rotatable bonds is 6. The molecule has 42 heavy (non-hydrogen) atoms. The number of amides is 1. The Morgan fingerprint density at radius 3 is 2.86 bits per heavy atom. The maximum absolute atomic E-state index is 13.4. The zero-order chi connectivity index (χ0) is 28.2. The molecule has 8 nitrogen and oxygen atoms in total. The van der Waals surface area contributed by atoms with Crippen molar-refractivity contribution in [3.05, 3.63) is 76.1 Å². The predicted molar refractivity (Wildman–Crippen MR) is 164 cm³/mol. The zero-order valence-corrected chi connectivity index (χ0v) is 24.8. The summed E-state index contributed by atoms with van der Waals surface area (Å²) in [5.41, 5.74) is 1.45. The Balaban J connectivity index is 0.00000353. The van der Waals surface area contributed by atoms with Crippen LogP contribution in [-0.4, -0.2) is 52.7 Å². The molecule has 2 N–H and O–H groups in total. The van der Waals surface area contributed by atoms with Crippen LogP contribution in [0.2, 0.25) is 5.02 Å². The van der Waals surface area contributed by atoms with E-state index in [4.69, 9.17) is 21.1 Å². The fourth-order valence-electron chi connectivity index (χ4n) is 4.82. The van der Waals surface area contributed by atoms with E-state index in [2.05, 4.69) is 32.4 Å². The summed E-state index contributed by atoms with van der Waals surface area (Å²) in [4.78, 5) is 24.5. The Hall–Kier alpha value is -3.62. The van der Waals surface area contributed by atoms with Gasteiger partial charge in [-0.1, -0.05) is 35.6 Å². The SMILES string of the molecule is Cl.O=C(O[C@H]1CN[C@H](C#Cc2cc3c(Nc4ccc(OCc5cccc(F)c5)c(Cl)c4)ncnc3s2)C1)N1CCCC1. The van der Waals surface area contributed by atoms with E-state index in [0.717, 1.165) is 46.7 Å². The number of carbonyl (C=O) groups excluding carboxylic acids is 1. The predicted octanol–water partition coefficient (Wildman–Crippen LogP) is 6.54. The fraction of sp³-hybridized carbons (Fsp3) is 0.300. The first-order valence-corrected chi connectivity index (χ1v) is 14.6. The van der Waals surface area contributed by atoms with Crippen molar-refractivity contribution in [3.8, 4) is 17.6 Å². The number of halogens is 3. The van der Waals surface area contributed by atoms with Crippen LogP contribution in [0.3, 0.4) is 0 Å². The summed E-state index contributed by atoms with van der Waals surface area (Å²) in [7, 11) is 0. The van der Waals surface area contributed by atoms with E-state index < -0.39 is 0 Å². The van der Waals surface area contributed by atoms with Crippen LogP contribution in [0.15, 0.2) is 54.9 Å². The Kier molecular flexibility index (Phi) is 9.65. The van der Waals surface area contributed by atoms with Gasteiger partial charge in [-0.05, 0) is 54.8 Å². The molecule has 0 spiro atoms. The summed E-state index contributed by atoms with van der Waals surface area (Å²) >= 11 is 7.95. The van der Waals surface area contributed by atoms with E-state index in [1.807, 2.05) is 12.1 Å². The molecule has 2 aromatic heterocycles. The van der Waals surface area contributed by atoms with Crippen LogP contribution < -0.4 is 15.4 Å². The summed E-state index contributed by atoms with van der Waals surface area (Å²) in [6, 6.07) is 13.5. The molecule has 6 rings (SSSR count). The zero-order valence-electron chi connectivity index (χ0n) is 22.4. The number of nitrogens with one attached hydrogen (secondary N) is 2. The number of hydrogen-bond donors (Lipinski definition) is 2. The monoisotopic (exact) mass is 627 g/mol. The third kappa shape index (κ3) is 7.23. The van der Waals surface area contributed by atoms with E-state index in [1.165, 1.54) is 29.8 Å². The number of fused-ring (bicyclic) bond motifs is 1. The summed E-state index contributed by atoms with van der Waals surface area (Å²) in [6.07, 6.45) is 3.85. The second kappa shape index (κ2) is 13.6. The Labute approximate surface area is 258 Å². The third-order valence-corrected chi connectivity index (χ3v) is 8.15. The van der Waals surface area contributed by atoms with Crippen molar-refractivity contribution in [2.75, 3.05) is 25.0 Å². The van der Waals surface area contributed by atoms with Gasteiger partial charge in [-0.15, -0.1) is 23.7 Å². The van der Waals surface area contributed by atoms with Crippen molar-refractivity contribution in [3.63, 3.8) is 0 Å². The third-order valence-electron chi connectivity index (χ3n) is 6.90. The number of benzene rings is 2. The fourth-order valence-corrected chi connectivity index (χ4v) is 5.91. The Morgan fingerprint density at radius 1 is 1.19 bits per heavy atom. The number of nitrogens with zero attached hydrogens (tertiary/aromatic N) is 3. The molecule has 2 fully saturated rings. The number of thiophene rings is 1. The van der Waals surface area contributed by atoms with Gasteiger partial charge < -0.3 is 19.7 Å². The first-order valence-electron chi connectivity index (χ1n) is 13.4. The highest BCUT2D eigenvalue weighted by Crippen LogP contribution is 2.33.